The van der Waals surface area contributed by atoms with E-state index in [9.17, 15) is 23.2 Å². The quantitative estimate of drug-likeness (QED) is 0.716. The maximum absolute atomic E-state index is 14.1. The highest BCUT2D eigenvalue weighted by molar-refractivity contribution is 6.05. The molecule has 1 atom stereocenters. The molecule has 1 N–H and O–H groups in total. The smallest absolute Gasteiger partial charge is 0.255 e. The second-order valence-electron chi connectivity index (χ2n) is 8.75. The molecule has 5 rings (SSSR count). The summed E-state index contributed by atoms with van der Waals surface area (Å²) in [6, 6.07) is 8.78. The number of nitrogens with one attached hydrogen (secondary N) is 1. The molecule has 3 heterocycles. The summed E-state index contributed by atoms with van der Waals surface area (Å²) >= 11 is 0. The summed E-state index contributed by atoms with van der Waals surface area (Å²) in [7, 11) is 0. The van der Waals surface area contributed by atoms with E-state index in [1.54, 1.807) is 4.90 Å². The standard InChI is InChI=1S/C24H24F2N4O3/c25-17-2-4-20(19(26)12-17)29-9-7-28(8-10-29)13-15-1-3-18-16(11-15)14-30(24(18)33)21-5-6-22(31)27-23(21)32/h1-4,11-12,21H,5-10,13-14H2,(H,27,31,32). The summed E-state index contributed by atoms with van der Waals surface area (Å²) in [4.78, 5) is 42.2. The van der Waals surface area contributed by atoms with Gasteiger partial charge in [0, 0.05) is 57.3 Å². The lowest BCUT2D eigenvalue weighted by Crippen LogP contribution is -2.52. The summed E-state index contributed by atoms with van der Waals surface area (Å²) in [5.74, 6) is -2.03. The number of piperidine rings is 1. The lowest BCUT2D eigenvalue weighted by molar-refractivity contribution is -0.136. The van der Waals surface area contributed by atoms with Gasteiger partial charge in [0.25, 0.3) is 5.91 Å². The normalized spacial score (nSPS) is 21.4. The van der Waals surface area contributed by atoms with Crippen molar-refractivity contribution >= 4 is 23.4 Å². The van der Waals surface area contributed by atoms with Gasteiger partial charge in [0.15, 0.2) is 0 Å². The van der Waals surface area contributed by atoms with Crippen LogP contribution in [0.1, 0.15) is 34.3 Å². The topological polar surface area (TPSA) is 73.0 Å². The van der Waals surface area contributed by atoms with Gasteiger partial charge in [-0.1, -0.05) is 12.1 Å². The Morgan fingerprint density at radius 1 is 0.970 bits per heavy atom. The van der Waals surface area contributed by atoms with Crippen molar-refractivity contribution in [1.29, 1.82) is 0 Å². The molecular formula is C24H24F2N4O3. The van der Waals surface area contributed by atoms with E-state index in [1.165, 1.54) is 12.1 Å². The molecule has 2 aromatic rings. The Kier molecular flexibility index (Phi) is 5.57. The Hall–Kier alpha value is -3.33. The van der Waals surface area contributed by atoms with Crippen molar-refractivity contribution < 1.29 is 23.2 Å². The predicted molar refractivity (Wildman–Crippen MR) is 116 cm³/mol. The SMILES string of the molecule is O=C1CCC(N2Cc3cc(CN4CCN(c5ccc(F)cc5F)CC4)ccc3C2=O)C(=O)N1. The van der Waals surface area contributed by atoms with E-state index in [0.717, 1.165) is 30.3 Å². The minimum absolute atomic E-state index is 0.180. The summed E-state index contributed by atoms with van der Waals surface area (Å²) in [6.45, 7) is 3.78. The van der Waals surface area contributed by atoms with Crippen LogP contribution in [-0.4, -0.2) is 59.7 Å². The number of hydrogen-bond donors (Lipinski definition) is 1. The number of nitrogens with zero attached hydrogens (tertiary/aromatic N) is 3. The van der Waals surface area contributed by atoms with E-state index in [-0.39, 0.29) is 18.2 Å². The molecule has 2 aromatic carbocycles. The number of carbonyl (C=O) groups is 3. The third-order valence-corrected chi connectivity index (χ3v) is 6.62. The molecule has 33 heavy (non-hydrogen) atoms. The molecule has 1 unspecified atom stereocenters. The van der Waals surface area contributed by atoms with Crippen molar-refractivity contribution in [2.75, 3.05) is 31.1 Å². The van der Waals surface area contributed by atoms with Gasteiger partial charge in [-0.15, -0.1) is 0 Å². The minimum Gasteiger partial charge on any atom is -0.367 e. The Labute approximate surface area is 189 Å². The zero-order valence-electron chi connectivity index (χ0n) is 18.0. The largest absolute Gasteiger partial charge is 0.367 e. The number of rotatable bonds is 4. The number of fused-ring (bicyclic) bond motifs is 1. The van der Waals surface area contributed by atoms with Crippen LogP contribution < -0.4 is 10.2 Å². The third-order valence-electron chi connectivity index (χ3n) is 6.62. The molecule has 0 saturated carbocycles. The van der Waals surface area contributed by atoms with E-state index < -0.39 is 23.6 Å². The molecule has 3 aliphatic heterocycles. The summed E-state index contributed by atoms with van der Waals surface area (Å²) < 4.78 is 27.3. The maximum Gasteiger partial charge on any atom is 0.255 e. The molecule has 0 aliphatic carbocycles. The van der Waals surface area contributed by atoms with E-state index in [2.05, 4.69) is 10.2 Å². The van der Waals surface area contributed by atoms with Crippen LogP contribution in [-0.2, 0) is 22.7 Å². The molecule has 172 valence electrons. The monoisotopic (exact) mass is 454 g/mol. The number of hydrogen-bond acceptors (Lipinski definition) is 5. The van der Waals surface area contributed by atoms with E-state index in [0.29, 0.717) is 43.9 Å². The third kappa shape index (κ3) is 4.20. The average Bonchev–Trinajstić information content (AvgIpc) is 3.10. The fourth-order valence-corrected chi connectivity index (χ4v) is 4.87. The van der Waals surface area contributed by atoms with Crippen LogP contribution >= 0.6 is 0 Å². The first-order valence-corrected chi connectivity index (χ1v) is 11.1. The molecule has 3 amide bonds. The molecule has 7 nitrogen and oxygen atoms in total. The summed E-state index contributed by atoms with van der Waals surface area (Å²) in [5, 5.41) is 2.32. The number of imide groups is 1. The number of carbonyl (C=O) groups excluding carboxylic acids is 3. The second-order valence-corrected chi connectivity index (χ2v) is 8.75. The molecule has 2 saturated heterocycles. The Morgan fingerprint density at radius 3 is 2.48 bits per heavy atom. The first kappa shape index (κ1) is 21.5. The van der Waals surface area contributed by atoms with Gasteiger partial charge in [-0.05, 0) is 35.7 Å². The van der Waals surface area contributed by atoms with Gasteiger partial charge >= 0.3 is 0 Å². The van der Waals surface area contributed by atoms with Gasteiger partial charge < -0.3 is 9.80 Å². The van der Waals surface area contributed by atoms with Gasteiger partial charge in [0.1, 0.15) is 17.7 Å². The van der Waals surface area contributed by atoms with Crippen LogP contribution in [0.4, 0.5) is 14.5 Å². The molecular weight excluding hydrogens is 430 g/mol. The number of halogens is 2. The average molecular weight is 454 g/mol. The Morgan fingerprint density at radius 2 is 1.76 bits per heavy atom. The number of amides is 3. The highest BCUT2D eigenvalue weighted by Crippen LogP contribution is 2.29. The number of benzene rings is 2. The number of piperazine rings is 1. The fraction of sp³-hybridized carbons (Fsp3) is 0.375. The van der Waals surface area contributed by atoms with Crippen LogP contribution in [0.15, 0.2) is 36.4 Å². The molecule has 2 fully saturated rings. The summed E-state index contributed by atoms with van der Waals surface area (Å²) in [5.41, 5.74) is 2.96. The van der Waals surface area contributed by atoms with E-state index in [4.69, 9.17) is 0 Å². The first-order valence-electron chi connectivity index (χ1n) is 11.1. The highest BCUT2D eigenvalue weighted by atomic mass is 19.1. The zero-order valence-corrected chi connectivity index (χ0v) is 18.0. The number of anilines is 1. The van der Waals surface area contributed by atoms with Crippen molar-refractivity contribution in [3.05, 3.63) is 64.7 Å². The van der Waals surface area contributed by atoms with Gasteiger partial charge in [-0.25, -0.2) is 8.78 Å². The van der Waals surface area contributed by atoms with Crippen molar-refractivity contribution in [2.24, 2.45) is 0 Å². The van der Waals surface area contributed by atoms with Crippen LogP contribution in [0.25, 0.3) is 0 Å². The van der Waals surface area contributed by atoms with Crippen LogP contribution in [0, 0.1) is 11.6 Å². The molecule has 0 spiro atoms. The maximum atomic E-state index is 14.1. The van der Waals surface area contributed by atoms with Crippen molar-refractivity contribution in [3.8, 4) is 0 Å². The van der Waals surface area contributed by atoms with Crippen LogP contribution in [0.2, 0.25) is 0 Å². The van der Waals surface area contributed by atoms with Crippen molar-refractivity contribution in [1.82, 2.24) is 15.1 Å². The lowest BCUT2D eigenvalue weighted by Gasteiger charge is -2.36. The van der Waals surface area contributed by atoms with Gasteiger partial charge in [0.2, 0.25) is 11.8 Å². The Bertz CT molecular complexity index is 1130. The van der Waals surface area contributed by atoms with E-state index >= 15 is 0 Å². The first-order chi connectivity index (χ1) is 15.9. The molecule has 0 bridgehead atoms. The van der Waals surface area contributed by atoms with Gasteiger partial charge in [-0.2, -0.15) is 0 Å². The molecule has 0 radical (unpaired) electrons. The highest BCUT2D eigenvalue weighted by Gasteiger charge is 2.39. The van der Waals surface area contributed by atoms with Crippen LogP contribution in [0.3, 0.4) is 0 Å². The van der Waals surface area contributed by atoms with Gasteiger partial charge in [-0.3, -0.25) is 24.6 Å². The molecule has 0 aromatic heterocycles. The van der Waals surface area contributed by atoms with Crippen molar-refractivity contribution in [2.45, 2.75) is 32.0 Å². The minimum atomic E-state index is -0.619. The lowest BCUT2D eigenvalue weighted by atomic mass is 10.0. The second kappa shape index (κ2) is 8.55. The van der Waals surface area contributed by atoms with Gasteiger partial charge in [0.05, 0.1) is 5.69 Å². The van der Waals surface area contributed by atoms with E-state index in [1.807, 2.05) is 23.1 Å². The predicted octanol–water partition coefficient (Wildman–Crippen LogP) is 2.05. The summed E-state index contributed by atoms with van der Waals surface area (Å²) in [6.07, 6.45) is 0.575. The zero-order chi connectivity index (χ0) is 23.1. The Balaban J connectivity index is 1.21. The van der Waals surface area contributed by atoms with Crippen molar-refractivity contribution in [3.63, 3.8) is 0 Å². The fourth-order valence-electron chi connectivity index (χ4n) is 4.87. The molecule has 9 heteroatoms. The van der Waals surface area contributed by atoms with Crippen LogP contribution in [0.5, 0.6) is 0 Å². The molecule has 3 aliphatic rings.